The largest absolute Gasteiger partial charge is 0.394 e. The van der Waals surface area contributed by atoms with Gasteiger partial charge in [0.2, 0.25) is 11.8 Å². The minimum atomic E-state index is -0.529. The summed E-state index contributed by atoms with van der Waals surface area (Å²) in [7, 11) is 0. The van der Waals surface area contributed by atoms with Gasteiger partial charge in [0.25, 0.3) is 0 Å². The first-order chi connectivity index (χ1) is 16.8. The van der Waals surface area contributed by atoms with Crippen molar-refractivity contribution in [3.05, 3.63) is 76.4 Å². The highest BCUT2D eigenvalue weighted by Crippen LogP contribution is 2.38. The number of nitrogens with one attached hydrogen (secondary N) is 1. The Morgan fingerprint density at radius 2 is 1.47 bits per heavy atom. The molecule has 0 radical (unpaired) electrons. The van der Waals surface area contributed by atoms with Crippen LogP contribution in [0.25, 0.3) is 17.7 Å². The molecule has 0 saturated carbocycles. The Bertz CT molecular complexity index is 1090. The summed E-state index contributed by atoms with van der Waals surface area (Å²) in [5.74, 6) is -0.0301. The molecule has 36 heavy (non-hydrogen) atoms. The predicted molar refractivity (Wildman–Crippen MR) is 148 cm³/mol. The molecule has 1 fully saturated rings. The van der Waals surface area contributed by atoms with Gasteiger partial charge in [0.1, 0.15) is 0 Å². The second-order valence-corrected chi connectivity index (χ2v) is 10.5. The molecular weight excluding hydrogens is 448 g/mol. The molecule has 192 valence electrons. The molecule has 1 heterocycles. The van der Waals surface area contributed by atoms with Gasteiger partial charge in [-0.3, -0.25) is 9.59 Å². The van der Waals surface area contributed by atoms with Crippen molar-refractivity contribution < 1.29 is 14.7 Å². The zero-order chi connectivity index (χ0) is 25.0. The quantitative estimate of drug-likeness (QED) is 0.496. The highest BCUT2D eigenvalue weighted by molar-refractivity contribution is 5.95. The van der Waals surface area contributed by atoms with Gasteiger partial charge in [0, 0.05) is 24.9 Å². The van der Waals surface area contributed by atoms with Crippen LogP contribution in [0, 0.1) is 5.41 Å². The van der Waals surface area contributed by atoms with E-state index in [9.17, 15) is 14.7 Å². The summed E-state index contributed by atoms with van der Waals surface area (Å²) < 4.78 is 0. The first kappa shape index (κ1) is 27.4. The Hall–Kier alpha value is -3.18. The molecular formula is C31H40N2O3. The fourth-order valence-corrected chi connectivity index (χ4v) is 4.79. The monoisotopic (exact) mass is 488 g/mol. The molecule has 2 aliphatic rings. The van der Waals surface area contributed by atoms with E-state index in [1.54, 1.807) is 0 Å². The average molecular weight is 489 g/mol. The SMILES string of the molecule is C.CC(C)(C)C(=O)N[C@@H](CO)CCC(=O)N1CCC(=C2c3ccccc3C=Cc3ccccc32)CC1. The van der Waals surface area contributed by atoms with Crippen LogP contribution in [0.1, 0.15) is 76.1 Å². The summed E-state index contributed by atoms with van der Waals surface area (Å²) in [5.41, 5.74) is 7.11. The van der Waals surface area contributed by atoms with Crippen LogP contribution in [0.4, 0.5) is 0 Å². The van der Waals surface area contributed by atoms with E-state index in [-0.39, 0.29) is 25.8 Å². The predicted octanol–water partition coefficient (Wildman–Crippen LogP) is 5.53. The van der Waals surface area contributed by atoms with Gasteiger partial charge in [-0.2, -0.15) is 0 Å². The summed E-state index contributed by atoms with van der Waals surface area (Å²) in [6.07, 6.45) is 6.82. The van der Waals surface area contributed by atoms with E-state index in [1.165, 1.54) is 33.4 Å². The average Bonchev–Trinajstić information content (AvgIpc) is 3.02. The number of amides is 2. The smallest absolute Gasteiger partial charge is 0.225 e. The van der Waals surface area contributed by atoms with Crippen molar-refractivity contribution in [1.82, 2.24) is 10.2 Å². The first-order valence-corrected chi connectivity index (χ1v) is 12.6. The van der Waals surface area contributed by atoms with Gasteiger partial charge in [0.15, 0.2) is 0 Å². The van der Waals surface area contributed by atoms with E-state index in [4.69, 9.17) is 0 Å². The zero-order valence-corrected chi connectivity index (χ0v) is 21.0. The van der Waals surface area contributed by atoms with Crippen LogP contribution < -0.4 is 5.32 Å². The van der Waals surface area contributed by atoms with Crippen molar-refractivity contribution in [3.63, 3.8) is 0 Å². The topological polar surface area (TPSA) is 69.6 Å². The molecule has 5 heteroatoms. The number of nitrogens with zero attached hydrogens (tertiary/aromatic N) is 1. The van der Waals surface area contributed by atoms with E-state index in [1.807, 2.05) is 25.7 Å². The van der Waals surface area contributed by atoms with Crippen LogP contribution in [0.15, 0.2) is 54.1 Å². The lowest BCUT2D eigenvalue weighted by Gasteiger charge is -2.31. The number of carbonyl (C=O) groups excluding carboxylic acids is 2. The Morgan fingerprint density at radius 1 is 0.944 bits per heavy atom. The molecule has 2 aromatic carbocycles. The number of likely N-dealkylation sites (tertiary alicyclic amines) is 1. The summed E-state index contributed by atoms with van der Waals surface area (Å²) in [4.78, 5) is 27.1. The van der Waals surface area contributed by atoms with Gasteiger partial charge >= 0.3 is 0 Å². The molecule has 4 rings (SSSR count). The molecule has 2 N–H and O–H groups in total. The van der Waals surface area contributed by atoms with Gasteiger partial charge in [-0.25, -0.2) is 0 Å². The summed E-state index contributed by atoms with van der Waals surface area (Å²) in [6, 6.07) is 16.6. The van der Waals surface area contributed by atoms with Gasteiger partial charge in [0.05, 0.1) is 12.6 Å². The van der Waals surface area contributed by atoms with Crippen LogP contribution in [0.2, 0.25) is 0 Å². The van der Waals surface area contributed by atoms with Gasteiger partial charge in [-0.1, -0.05) is 94.5 Å². The number of carbonyl (C=O) groups is 2. The van der Waals surface area contributed by atoms with Crippen molar-refractivity contribution in [2.24, 2.45) is 5.41 Å². The number of hydrogen-bond acceptors (Lipinski definition) is 3. The fourth-order valence-electron chi connectivity index (χ4n) is 4.79. The number of fused-ring (bicyclic) bond motifs is 2. The third-order valence-electron chi connectivity index (χ3n) is 6.92. The van der Waals surface area contributed by atoms with Crippen LogP contribution in [0.3, 0.4) is 0 Å². The van der Waals surface area contributed by atoms with E-state index in [2.05, 4.69) is 66.0 Å². The third kappa shape index (κ3) is 6.14. The number of piperidine rings is 1. The van der Waals surface area contributed by atoms with Crippen molar-refractivity contribution in [2.75, 3.05) is 19.7 Å². The third-order valence-corrected chi connectivity index (χ3v) is 6.92. The molecule has 2 amide bonds. The van der Waals surface area contributed by atoms with Crippen LogP contribution in [-0.4, -0.2) is 47.6 Å². The normalized spacial score (nSPS) is 15.8. The Kier molecular flexibility index (Phi) is 8.91. The molecule has 1 aliphatic heterocycles. The van der Waals surface area contributed by atoms with Crippen LogP contribution >= 0.6 is 0 Å². The standard InChI is InChI=1S/C30H36N2O3.CH4/c1-30(2,3)29(35)31-24(20-33)14-15-27(34)32-18-16-23(17-19-32)28-25-10-6-4-8-21(25)12-13-22-9-5-7-11-26(22)28;/h4-13,24,33H,14-20H2,1-3H3,(H,31,35);1H4/t24-;/m1./s1. The van der Waals surface area contributed by atoms with E-state index >= 15 is 0 Å². The number of aliphatic hydroxyl groups is 1. The minimum Gasteiger partial charge on any atom is -0.394 e. The first-order valence-electron chi connectivity index (χ1n) is 12.6. The second kappa shape index (κ2) is 11.7. The number of rotatable bonds is 5. The van der Waals surface area contributed by atoms with Gasteiger partial charge in [-0.15, -0.1) is 0 Å². The molecule has 1 aliphatic carbocycles. The maximum Gasteiger partial charge on any atom is 0.225 e. The van der Waals surface area contributed by atoms with Crippen molar-refractivity contribution in [1.29, 1.82) is 0 Å². The molecule has 0 spiro atoms. The van der Waals surface area contributed by atoms with Crippen LogP contribution in [0.5, 0.6) is 0 Å². The van der Waals surface area contributed by atoms with Crippen molar-refractivity contribution >= 4 is 29.5 Å². The number of benzene rings is 2. The molecule has 0 unspecified atom stereocenters. The number of aliphatic hydroxyl groups excluding tert-OH is 1. The minimum absolute atomic E-state index is 0. The van der Waals surface area contributed by atoms with Crippen molar-refractivity contribution in [3.8, 4) is 0 Å². The fraction of sp³-hybridized carbons (Fsp3) is 0.419. The highest BCUT2D eigenvalue weighted by atomic mass is 16.3. The summed E-state index contributed by atoms with van der Waals surface area (Å²) >= 11 is 0. The van der Waals surface area contributed by atoms with Crippen molar-refractivity contribution in [2.45, 2.75) is 59.9 Å². The summed E-state index contributed by atoms with van der Waals surface area (Å²) in [5, 5.41) is 12.5. The summed E-state index contributed by atoms with van der Waals surface area (Å²) in [6.45, 7) is 6.72. The maximum absolute atomic E-state index is 12.9. The Labute approximate surface area is 215 Å². The van der Waals surface area contributed by atoms with E-state index < -0.39 is 11.5 Å². The Morgan fingerprint density at radius 3 is 1.97 bits per heavy atom. The van der Waals surface area contributed by atoms with Gasteiger partial charge < -0.3 is 15.3 Å². The second-order valence-electron chi connectivity index (χ2n) is 10.5. The molecule has 0 bridgehead atoms. The lowest BCUT2D eigenvalue weighted by atomic mass is 9.86. The highest BCUT2D eigenvalue weighted by Gasteiger charge is 2.27. The molecule has 1 saturated heterocycles. The Balaban J connectivity index is 0.00000361. The van der Waals surface area contributed by atoms with E-state index in [0.717, 1.165) is 12.8 Å². The van der Waals surface area contributed by atoms with E-state index in [0.29, 0.717) is 25.9 Å². The lowest BCUT2D eigenvalue weighted by molar-refractivity contribution is -0.133. The number of hydrogen-bond donors (Lipinski definition) is 2. The molecule has 0 aromatic heterocycles. The lowest BCUT2D eigenvalue weighted by Crippen LogP contribution is -2.44. The molecule has 1 atom stereocenters. The maximum atomic E-state index is 12.9. The molecule has 2 aromatic rings. The molecule has 5 nitrogen and oxygen atoms in total. The zero-order valence-electron chi connectivity index (χ0n) is 21.0. The van der Waals surface area contributed by atoms with Gasteiger partial charge in [-0.05, 0) is 47.1 Å². The van der Waals surface area contributed by atoms with Crippen LogP contribution in [-0.2, 0) is 9.59 Å².